The molecule has 2 heterocycles. The molecule has 4 aromatic rings. The van der Waals surface area contributed by atoms with Crippen LogP contribution in [-0.4, -0.2) is 16.9 Å². The van der Waals surface area contributed by atoms with Gasteiger partial charge in [0.2, 0.25) is 5.91 Å². The highest BCUT2D eigenvalue weighted by Gasteiger charge is 2.44. The molecule has 3 aromatic carbocycles. The molecular formula is C27H22ClFN2O4. The van der Waals surface area contributed by atoms with Crippen molar-refractivity contribution in [3.63, 3.8) is 0 Å². The molecule has 0 fully saturated rings. The first-order valence-corrected chi connectivity index (χ1v) is 11.4. The Bertz CT molecular complexity index is 1470. The highest BCUT2D eigenvalue weighted by atomic mass is 35.5. The minimum atomic E-state index is -0.831. The number of amides is 2. The van der Waals surface area contributed by atoms with Crippen molar-refractivity contribution in [3.8, 4) is 5.75 Å². The molecule has 178 valence electrons. The molecule has 6 nitrogen and oxygen atoms in total. The number of hydrogen-bond acceptors (Lipinski definition) is 4. The van der Waals surface area contributed by atoms with Crippen molar-refractivity contribution in [2.45, 2.75) is 32.4 Å². The van der Waals surface area contributed by atoms with Crippen LogP contribution in [0, 0.1) is 5.82 Å². The fourth-order valence-corrected chi connectivity index (χ4v) is 4.65. The molecule has 0 spiro atoms. The third-order valence-electron chi connectivity index (χ3n) is 6.36. The molecule has 0 unspecified atom stereocenters. The molecule has 0 atom stereocenters. The van der Waals surface area contributed by atoms with Crippen molar-refractivity contribution in [2.75, 3.05) is 4.90 Å². The number of furan rings is 1. The molecule has 35 heavy (non-hydrogen) atoms. The Hall–Kier alpha value is -3.84. The van der Waals surface area contributed by atoms with E-state index in [9.17, 15) is 19.1 Å². The van der Waals surface area contributed by atoms with Gasteiger partial charge in [0, 0.05) is 27.2 Å². The number of carbonyl (C=O) groups excluding carboxylic acids is 2. The van der Waals surface area contributed by atoms with Gasteiger partial charge in [-0.1, -0.05) is 23.7 Å². The summed E-state index contributed by atoms with van der Waals surface area (Å²) in [4.78, 5) is 27.6. The lowest BCUT2D eigenvalue weighted by Gasteiger charge is -2.21. The minimum absolute atomic E-state index is 0.0440. The molecule has 1 aliphatic rings. The number of rotatable bonds is 5. The summed E-state index contributed by atoms with van der Waals surface area (Å²) < 4.78 is 20.2. The summed E-state index contributed by atoms with van der Waals surface area (Å²) in [6.07, 6.45) is 0. The smallest absolute Gasteiger partial charge is 0.251 e. The average Bonchev–Trinajstić information content (AvgIpc) is 3.31. The number of phenols is 1. The van der Waals surface area contributed by atoms with Crippen LogP contribution in [0.2, 0.25) is 5.02 Å². The summed E-state index contributed by atoms with van der Waals surface area (Å²) in [6, 6.07) is 16.0. The van der Waals surface area contributed by atoms with Crippen molar-refractivity contribution in [3.05, 3.63) is 94.0 Å². The Morgan fingerprint density at radius 3 is 2.71 bits per heavy atom. The van der Waals surface area contributed by atoms with E-state index in [1.165, 1.54) is 23.1 Å². The minimum Gasteiger partial charge on any atom is -0.508 e. The SMILES string of the molecule is CC1(C)C(=O)N(Cc2c(F)cccc2Cl)c2cc(C(=O)NCc3cc4cc(O)ccc4o3)ccc21. The molecule has 0 saturated heterocycles. The molecule has 8 heteroatoms. The monoisotopic (exact) mass is 492 g/mol. The highest BCUT2D eigenvalue weighted by molar-refractivity contribution is 6.31. The first-order valence-electron chi connectivity index (χ1n) is 11.0. The number of halogens is 2. The fraction of sp³-hybridized carbons (Fsp3) is 0.185. The number of anilines is 1. The number of carbonyl (C=O) groups is 2. The molecule has 1 aliphatic heterocycles. The Morgan fingerprint density at radius 1 is 1.14 bits per heavy atom. The number of nitrogens with zero attached hydrogens (tertiary/aromatic N) is 1. The van der Waals surface area contributed by atoms with Crippen LogP contribution in [0.4, 0.5) is 10.1 Å². The van der Waals surface area contributed by atoms with E-state index >= 15 is 0 Å². The second-order valence-electron chi connectivity index (χ2n) is 9.07. The average molecular weight is 493 g/mol. The van der Waals surface area contributed by atoms with Gasteiger partial charge < -0.3 is 19.7 Å². The molecule has 2 N–H and O–H groups in total. The maximum absolute atomic E-state index is 14.5. The zero-order valence-corrected chi connectivity index (χ0v) is 19.8. The highest BCUT2D eigenvalue weighted by Crippen LogP contribution is 2.43. The molecule has 0 saturated carbocycles. The quantitative estimate of drug-likeness (QED) is 0.375. The van der Waals surface area contributed by atoms with Crippen molar-refractivity contribution in [2.24, 2.45) is 0 Å². The number of hydrogen-bond donors (Lipinski definition) is 2. The number of fused-ring (bicyclic) bond motifs is 2. The van der Waals surface area contributed by atoms with Gasteiger partial charge in [-0.2, -0.15) is 0 Å². The topological polar surface area (TPSA) is 82.8 Å². The van der Waals surface area contributed by atoms with Crippen LogP contribution in [-0.2, 0) is 23.3 Å². The number of aromatic hydroxyl groups is 1. The summed E-state index contributed by atoms with van der Waals surface area (Å²) in [5, 5.41) is 13.4. The van der Waals surface area contributed by atoms with Gasteiger partial charge >= 0.3 is 0 Å². The Morgan fingerprint density at radius 2 is 1.94 bits per heavy atom. The van der Waals surface area contributed by atoms with Crippen LogP contribution in [0.25, 0.3) is 11.0 Å². The predicted molar refractivity (Wildman–Crippen MR) is 131 cm³/mol. The van der Waals surface area contributed by atoms with Crippen LogP contribution in [0.15, 0.2) is 65.1 Å². The first-order chi connectivity index (χ1) is 16.6. The zero-order chi connectivity index (χ0) is 24.9. The molecule has 0 bridgehead atoms. The van der Waals surface area contributed by atoms with Gasteiger partial charge in [0.25, 0.3) is 5.91 Å². The van der Waals surface area contributed by atoms with Gasteiger partial charge in [0.1, 0.15) is 22.9 Å². The molecule has 5 rings (SSSR count). The van der Waals surface area contributed by atoms with Crippen LogP contribution in [0.5, 0.6) is 5.75 Å². The normalized spacial score (nSPS) is 14.4. The maximum Gasteiger partial charge on any atom is 0.251 e. The maximum atomic E-state index is 14.5. The van der Waals surface area contributed by atoms with Gasteiger partial charge in [-0.25, -0.2) is 4.39 Å². The van der Waals surface area contributed by atoms with Crippen molar-refractivity contribution < 1.29 is 23.5 Å². The zero-order valence-electron chi connectivity index (χ0n) is 19.1. The largest absolute Gasteiger partial charge is 0.508 e. The third kappa shape index (κ3) is 4.02. The second kappa shape index (κ2) is 8.43. The van der Waals surface area contributed by atoms with E-state index in [1.54, 1.807) is 56.3 Å². The lowest BCUT2D eigenvalue weighted by atomic mass is 9.86. The number of nitrogens with one attached hydrogen (secondary N) is 1. The van der Waals surface area contributed by atoms with Crippen molar-refractivity contribution >= 4 is 40.1 Å². The van der Waals surface area contributed by atoms with Gasteiger partial charge in [0.15, 0.2) is 0 Å². The molecule has 2 amide bonds. The van der Waals surface area contributed by atoms with E-state index < -0.39 is 11.2 Å². The molecule has 0 radical (unpaired) electrons. The van der Waals surface area contributed by atoms with E-state index in [-0.39, 0.29) is 41.2 Å². The van der Waals surface area contributed by atoms with Crippen LogP contribution < -0.4 is 10.2 Å². The standard InChI is InChI=1S/C27H22ClFN2O4/c1-27(2)20-8-6-15(25(33)30-13-18-11-16-10-17(32)7-9-24(16)35-18)12-23(20)31(26(27)34)14-19-21(28)4-3-5-22(19)29/h3-12,32H,13-14H2,1-2H3,(H,30,33). The third-order valence-corrected chi connectivity index (χ3v) is 6.71. The van der Waals surface area contributed by atoms with E-state index in [2.05, 4.69) is 5.32 Å². The Labute approximate surface area is 205 Å². The Balaban J connectivity index is 1.40. The van der Waals surface area contributed by atoms with Gasteiger partial charge in [-0.3, -0.25) is 9.59 Å². The van der Waals surface area contributed by atoms with Crippen LogP contribution in [0.3, 0.4) is 0 Å². The second-order valence-corrected chi connectivity index (χ2v) is 9.47. The lowest BCUT2D eigenvalue weighted by Crippen LogP contribution is -2.36. The number of benzene rings is 3. The van der Waals surface area contributed by atoms with Gasteiger partial charge in [0.05, 0.1) is 18.5 Å². The molecule has 1 aromatic heterocycles. The van der Waals surface area contributed by atoms with E-state index in [0.717, 1.165) is 10.9 Å². The number of phenolic OH excluding ortho intramolecular Hbond substituents is 1. The summed E-state index contributed by atoms with van der Waals surface area (Å²) >= 11 is 6.21. The lowest BCUT2D eigenvalue weighted by molar-refractivity contribution is -0.122. The van der Waals surface area contributed by atoms with Gasteiger partial charge in [-0.05, 0) is 67.9 Å². The summed E-state index contributed by atoms with van der Waals surface area (Å²) in [5.41, 5.74) is 1.65. The fourth-order valence-electron chi connectivity index (χ4n) is 4.43. The summed E-state index contributed by atoms with van der Waals surface area (Å²) in [7, 11) is 0. The van der Waals surface area contributed by atoms with Crippen LogP contribution >= 0.6 is 11.6 Å². The predicted octanol–water partition coefficient (Wildman–Crippen LogP) is 5.69. The summed E-state index contributed by atoms with van der Waals surface area (Å²) in [5.74, 6) is -0.380. The first kappa shape index (κ1) is 22.9. The Kier molecular flexibility index (Phi) is 5.52. The summed E-state index contributed by atoms with van der Waals surface area (Å²) in [6.45, 7) is 3.70. The van der Waals surface area contributed by atoms with Crippen molar-refractivity contribution in [1.82, 2.24) is 5.32 Å². The van der Waals surface area contributed by atoms with Crippen LogP contribution in [0.1, 0.15) is 41.1 Å². The van der Waals surface area contributed by atoms with Crippen molar-refractivity contribution in [1.29, 1.82) is 0 Å². The molecule has 0 aliphatic carbocycles. The molecular weight excluding hydrogens is 471 g/mol. The van der Waals surface area contributed by atoms with E-state index in [1.807, 2.05) is 0 Å². The van der Waals surface area contributed by atoms with E-state index in [4.69, 9.17) is 16.0 Å². The van der Waals surface area contributed by atoms with E-state index in [0.29, 0.717) is 22.6 Å². The van der Waals surface area contributed by atoms with Gasteiger partial charge in [-0.15, -0.1) is 0 Å².